The summed E-state index contributed by atoms with van der Waals surface area (Å²) in [4.78, 5) is 39.3. The average Bonchev–Trinajstić information content (AvgIpc) is 3.09. The molecule has 0 saturated heterocycles. The molecule has 3 aromatic carbocycles. The number of ether oxygens (including phenoxy) is 1. The Morgan fingerprint density at radius 3 is 2.49 bits per heavy atom. The van der Waals surface area contributed by atoms with E-state index in [1.165, 1.54) is 7.11 Å². The van der Waals surface area contributed by atoms with E-state index in [1.54, 1.807) is 36.3 Å². The van der Waals surface area contributed by atoms with Gasteiger partial charge in [-0.25, -0.2) is 10.5 Å². The van der Waals surface area contributed by atoms with E-state index in [4.69, 9.17) is 14.6 Å². The number of carbonyl (C=O) groups is 2. The molecule has 0 atom stereocenters. The van der Waals surface area contributed by atoms with Gasteiger partial charge in [0.2, 0.25) is 11.9 Å². The first-order valence-corrected chi connectivity index (χ1v) is 16.7. The number of nitrogens with zero attached hydrogens (tertiary/aromatic N) is 3. The van der Waals surface area contributed by atoms with Gasteiger partial charge in [-0.2, -0.15) is 4.98 Å². The van der Waals surface area contributed by atoms with E-state index in [2.05, 4.69) is 30.7 Å². The van der Waals surface area contributed by atoms with E-state index in [0.717, 1.165) is 48.2 Å². The summed E-state index contributed by atoms with van der Waals surface area (Å²) >= 11 is 1.62. The summed E-state index contributed by atoms with van der Waals surface area (Å²) in [6.07, 6.45) is 7.51. The summed E-state index contributed by atoms with van der Waals surface area (Å²) in [6, 6.07) is 23.0. The molecule has 12 heteroatoms. The number of hydroxylamine groups is 1. The molecule has 4 N–H and O–H groups in total. The molecule has 47 heavy (non-hydrogen) atoms. The standard InChI is InChI=1S/C35H43N7O4S/c1-25-23-37-35(40-33(25)39-29-16-11-12-17-30(29)42(2)47-4)38-27-19-20-28(31(22-27)45-3)34(44)36-21-13-6-5-10-18-32(43)41-46-24-26-14-8-7-9-15-26/h7-9,11-12,14-17,19-20,22-23H,5-6,10,13,18,21,24H2,1-4H3,(H,36,44)(H,41,43)(H2,37,38,39,40). The topological polar surface area (TPSA) is 130 Å². The Balaban J connectivity index is 1.21. The Kier molecular flexibility index (Phi) is 13.7. The summed E-state index contributed by atoms with van der Waals surface area (Å²) in [6.45, 7) is 2.81. The van der Waals surface area contributed by atoms with Crippen LogP contribution in [0.15, 0.2) is 79.0 Å². The predicted molar refractivity (Wildman–Crippen MR) is 189 cm³/mol. The van der Waals surface area contributed by atoms with Gasteiger partial charge in [-0.15, -0.1) is 0 Å². The zero-order chi connectivity index (χ0) is 33.4. The number of hydrogen-bond donors (Lipinski definition) is 4. The van der Waals surface area contributed by atoms with Gasteiger partial charge >= 0.3 is 0 Å². The number of carbonyl (C=O) groups excluding carboxylic acids is 2. The van der Waals surface area contributed by atoms with Crippen LogP contribution in [0, 0.1) is 6.92 Å². The Morgan fingerprint density at radius 2 is 1.70 bits per heavy atom. The summed E-state index contributed by atoms with van der Waals surface area (Å²) in [5.74, 6) is 1.18. The number of amides is 2. The van der Waals surface area contributed by atoms with Gasteiger partial charge in [-0.05, 0) is 49.6 Å². The second kappa shape index (κ2) is 18.4. The molecule has 0 aliphatic heterocycles. The van der Waals surface area contributed by atoms with Gasteiger partial charge in [0.15, 0.2) is 0 Å². The van der Waals surface area contributed by atoms with Gasteiger partial charge in [0.1, 0.15) is 11.6 Å². The maximum Gasteiger partial charge on any atom is 0.255 e. The van der Waals surface area contributed by atoms with Crippen LogP contribution in [0.3, 0.4) is 0 Å². The van der Waals surface area contributed by atoms with Crippen LogP contribution in [0.5, 0.6) is 5.75 Å². The molecule has 4 aromatic rings. The van der Waals surface area contributed by atoms with Crippen LogP contribution in [0.2, 0.25) is 0 Å². The van der Waals surface area contributed by atoms with E-state index in [9.17, 15) is 9.59 Å². The summed E-state index contributed by atoms with van der Waals surface area (Å²) in [7, 11) is 3.55. The smallest absolute Gasteiger partial charge is 0.255 e. The van der Waals surface area contributed by atoms with Crippen LogP contribution in [-0.2, 0) is 16.2 Å². The van der Waals surface area contributed by atoms with Crippen molar-refractivity contribution < 1.29 is 19.2 Å². The lowest BCUT2D eigenvalue weighted by Gasteiger charge is -2.20. The Morgan fingerprint density at radius 1 is 0.936 bits per heavy atom. The van der Waals surface area contributed by atoms with Crippen LogP contribution >= 0.6 is 11.9 Å². The first kappa shape index (κ1) is 35.1. The zero-order valence-electron chi connectivity index (χ0n) is 27.3. The van der Waals surface area contributed by atoms with Crippen LogP contribution in [-0.4, -0.2) is 48.7 Å². The molecule has 248 valence electrons. The molecule has 1 aromatic heterocycles. The first-order valence-electron chi connectivity index (χ1n) is 15.5. The second-order valence-corrected chi connectivity index (χ2v) is 11.7. The summed E-state index contributed by atoms with van der Waals surface area (Å²) < 4.78 is 7.62. The quantitative estimate of drug-likeness (QED) is 0.0508. The van der Waals surface area contributed by atoms with Gasteiger partial charge in [-0.3, -0.25) is 14.4 Å². The van der Waals surface area contributed by atoms with Gasteiger partial charge in [0.05, 0.1) is 30.7 Å². The third-order valence-electron chi connectivity index (χ3n) is 7.33. The average molecular weight is 658 g/mol. The third-order valence-corrected chi connectivity index (χ3v) is 8.07. The molecule has 0 fully saturated rings. The maximum atomic E-state index is 12.9. The van der Waals surface area contributed by atoms with Crippen LogP contribution < -0.4 is 30.5 Å². The number of methoxy groups -OCH3 is 1. The van der Waals surface area contributed by atoms with Gasteiger partial charge in [0, 0.05) is 49.8 Å². The largest absolute Gasteiger partial charge is 0.496 e. The van der Waals surface area contributed by atoms with Crippen molar-refractivity contribution in [2.24, 2.45) is 0 Å². The molecule has 11 nitrogen and oxygen atoms in total. The van der Waals surface area contributed by atoms with Crippen molar-refractivity contribution in [3.63, 3.8) is 0 Å². The van der Waals surface area contributed by atoms with Crippen molar-refractivity contribution in [1.82, 2.24) is 20.8 Å². The number of hydrogen-bond acceptors (Lipinski definition) is 10. The molecule has 1 heterocycles. The number of aryl methyl sites for hydroxylation is 1. The molecule has 0 bridgehead atoms. The Bertz CT molecular complexity index is 1610. The van der Waals surface area contributed by atoms with Crippen LogP contribution in [0.1, 0.15) is 53.6 Å². The normalized spacial score (nSPS) is 10.6. The fraction of sp³-hybridized carbons (Fsp3) is 0.314. The van der Waals surface area contributed by atoms with Gasteiger partial charge in [-0.1, -0.05) is 67.3 Å². The number of aromatic nitrogens is 2. The molecule has 0 radical (unpaired) electrons. The highest BCUT2D eigenvalue weighted by molar-refractivity contribution is 7.99. The lowest BCUT2D eigenvalue weighted by Crippen LogP contribution is -2.25. The lowest BCUT2D eigenvalue weighted by atomic mass is 10.1. The highest BCUT2D eigenvalue weighted by Crippen LogP contribution is 2.32. The van der Waals surface area contributed by atoms with E-state index in [0.29, 0.717) is 48.3 Å². The Hall–Kier alpha value is -4.81. The highest BCUT2D eigenvalue weighted by atomic mass is 32.2. The second-order valence-electron chi connectivity index (χ2n) is 10.8. The summed E-state index contributed by atoms with van der Waals surface area (Å²) in [5.41, 5.74) is 7.48. The van der Waals surface area contributed by atoms with Crippen LogP contribution in [0.4, 0.5) is 28.8 Å². The van der Waals surface area contributed by atoms with Crippen molar-refractivity contribution in [2.45, 2.75) is 45.6 Å². The minimum Gasteiger partial charge on any atom is -0.496 e. The highest BCUT2D eigenvalue weighted by Gasteiger charge is 2.14. The van der Waals surface area contributed by atoms with Crippen LogP contribution in [0.25, 0.3) is 0 Å². The van der Waals surface area contributed by atoms with Crippen molar-refractivity contribution in [3.8, 4) is 5.75 Å². The van der Waals surface area contributed by atoms with E-state index in [-0.39, 0.29) is 11.8 Å². The number of para-hydroxylation sites is 2. The molecule has 0 spiro atoms. The molecular weight excluding hydrogens is 614 g/mol. The molecule has 0 aliphatic carbocycles. The van der Waals surface area contributed by atoms with Crippen molar-refractivity contribution in [1.29, 1.82) is 0 Å². The summed E-state index contributed by atoms with van der Waals surface area (Å²) in [5, 5.41) is 9.62. The van der Waals surface area contributed by atoms with E-state index < -0.39 is 0 Å². The molecular formula is C35H43N7O4S. The minimum atomic E-state index is -0.213. The fourth-order valence-corrected chi connectivity index (χ4v) is 5.04. The molecule has 0 aliphatic rings. The molecule has 4 rings (SSSR count). The van der Waals surface area contributed by atoms with Gasteiger partial charge < -0.3 is 25.0 Å². The van der Waals surface area contributed by atoms with Crippen molar-refractivity contribution >= 4 is 52.6 Å². The SMILES string of the molecule is COc1cc(Nc2ncc(C)c(Nc3ccccc3N(C)SC)n2)ccc1C(=O)NCCCCCCC(=O)NOCc1ccccc1. The number of benzene rings is 3. The first-order chi connectivity index (χ1) is 22.9. The number of nitrogens with one attached hydrogen (secondary N) is 4. The number of anilines is 5. The molecule has 2 amide bonds. The Labute approximate surface area is 281 Å². The minimum absolute atomic E-state index is 0.134. The maximum absolute atomic E-state index is 12.9. The monoisotopic (exact) mass is 657 g/mol. The lowest BCUT2D eigenvalue weighted by molar-refractivity contribution is -0.134. The predicted octanol–water partition coefficient (Wildman–Crippen LogP) is 6.92. The number of rotatable bonds is 18. The molecule has 0 unspecified atom stereocenters. The van der Waals surface area contributed by atoms with Crippen molar-refractivity contribution in [2.75, 3.05) is 41.9 Å². The van der Waals surface area contributed by atoms with Gasteiger partial charge in [0.25, 0.3) is 5.91 Å². The number of unbranched alkanes of at least 4 members (excludes halogenated alkanes) is 3. The fourth-order valence-electron chi connectivity index (χ4n) is 4.68. The van der Waals surface area contributed by atoms with Crippen molar-refractivity contribution in [3.05, 3.63) is 95.7 Å². The van der Waals surface area contributed by atoms with E-state index in [1.807, 2.05) is 74.8 Å². The third kappa shape index (κ3) is 10.9. The zero-order valence-corrected chi connectivity index (χ0v) is 28.2. The van der Waals surface area contributed by atoms with E-state index >= 15 is 0 Å². The molecule has 0 saturated carbocycles.